The minimum absolute atomic E-state index is 0.0799. The average molecular weight is 330 g/mol. The van der Waals surface area contributed by atoms with E-state index in [-0.39, 0.29) is 18.2 Å². The number of likely N-dealkylation sites (tertiary alicyclic amines) is 1. The molecule has 2 aliphatic rings. The van der Waals surface area contributed by atoms with Crippen molar-refractivity contribution in [3.05, 3.63) is 29.8 Å². The van der Waals surface area contributed by atoms with Gasteiger partial charge in [0.2, 0.25) is 11.8 Å². The maximum Gasteiger partial charge on any atom is 0.326 e. The second-order valence-corrected chi connectivity index (χ2v) is 6.45. The lowest BCUT2D eigenvalue weighted by Gasteiger charge is -2.24. The van der Waals surface area contributed by atoms with Gasteiger partial charge in [-0.1, -0.05) is 19.1 Å². The van der Waals surface area contributed by atoms with E-state index in [1.165, 1.54) is 10.5 Å². The van der Waals surface area contributed by atoms with Gasteiger partial charge in [0.1, 0.15) is 6.04 Å². The summed E-state index contributed by atoms with van der Waals surface area (Å²) in [4.78, 5) is 39.3. The van der Waals surface area contributed by atoms with Crippen molar-refractivity contribution < 1.29 is 19.5 Å². The van der Waals surface area contributed by atoms with Gasteiger partial charge in [-0.15, -0.1) is 0 Å². The Morgan fingerprint density at radius 3 is 2.58 bits per heavy atom. The molecule has 0 radical (unpaired) electrons. The summed E-state index contributed by atoms with van der Waals surface area (Å²) in [5, 5.41) is 9.24. The largest absolute Gasteiger partial charge is 0.480 e. The summed E-state index contributed by atoms with van der Waals surface area (Å²) < 4.78 is 0. The first-order chi connectivity index (χ1) is 11.5. The summed E-state index contributed by atoms with van der Waals surface area (Å²) in [6, 6.07) is 7.03. The molecule has 2 heterocycles. The van der Waals surface area contributed by atoms with Crippen LogP contribution in [-0.4, -0.2) is 46.9 Å². The van der Waals surface area contributed by atoms with Gasteiger partial charge < -0.3 is 14.9 Å². The van der Waals surface area contributed by atoms with Crippen molar-refractivity contribution in [2.24, 2.45) is 5.92 Å². The Labute approximate surface area is 141 Å². The number of anilines is 1. The van der Waals surface area contributed by atoms with Gasteiger partial charge >= 0.3 is 5.97 Å². The van der Waals surface area contributed by atoms with Gasteiger partial charge in [-0.05, 0) is 37.0 Å². The van der Waals surface area contributed by atoms with E-state index in [0.717, 1.165) is 12.1 Å². The summed E-state index contributed by atoms with van der Waals surface area (Å²) in [6.07, 6.45) is 2.27. The molecule has 24 heavy (non-hydrogen) atoms. The molecule has 2 saturated heterocycles. The molecule has 0 bridgehead atoms. The molecule has 2 aliphatic heterocycles. The Bertz CT molecular complexity index is 655. The number of carboxylic acid groups (broad SMARTS) is 1. The normalized spacial score (nSPS) is 23.8. The third kappa shape index (κ3) is 3.00. The Morgan fingerprint density at radius 1 is 1.25 bits per heavy atom. The third-order valence-electron chi connectivity index (χ3n) is 4.95. The smallest absolute Gasteiger partial charge is 0.326 e. The van der Waals surface area contributed by atoms with Crippen molar-refractivity contribution in [1.82, 2.24) is 4.90 Å². The maximum atomic E-state index is 12.7. The molecule has 6 heteroatoms. The van der Waals surface area contributed by atoms with Gasteiger partial charge in [0.05, 0.1) is 5.92 Å². The van der Waals surface area contributed by atoms with Gasteiger partial charge in [0, 0.05) is 25.2 Å². The number of carboxylic acids is 1. The number of hydrogen-bond acceptors (Lipinski definition) is 3. The van der Waals surface area contributed by atoms with E-state index in [9.17, 15) is 19.5 Å². The Kier molecular flexibility index (Phi) is 4.55. The first-order valence-electron chi connectivity index (χ1n) is 8.44. The quantitative estimate of drug-likeness (QED) is 0.911. The molecule has 1 N–H and O–H groups in total. The predicted octanol–water partition coefficient (Wildman–Crippen LogP) is 1.68. The summed E-state index contributed by atoms with van der Waals surface area (Å²) >= 11 is 0. The molecule has 0 aromatic heterocycles. The van der Waals surface area contributed by atoms with Gasteiger partial charge in [0.15, 0.2) is 0 Å². The van der Waals surface area contributed by atoms with Crippen molar-refractivity contribution in [1.29, 1.82) is 0 Å². The van der Waals surface area contributed by atoms with Crippen LogP contribution in [0, 0.1) is 5.92 Å². The molecule has 128 valence electrons. The van der Waals surface area contributed by atoms with E-state index < -0.39 is 17.9 Å². The molecule has 2 fully saturated rings. The van der Waals surface area contributed by atoms with Crippen LogP contribution in [0.1, 0.15) is 31.7 Å². The number of amides is 2. The number of carbonyl (C=O) groups excluding carboxylic acids is 2. The predicted molar refractivity (Wildman–Crippen MR) is 88.7 cm³/mol. The lowest BCUT2D eigenvalue weighted by molar-refractivity contribution is -0.149. The molecule has 0 aliphatic carbocycles. The van der Waals surface area contributed by atoms with Gasteiger partial charge in [-0.2, -0.15) is 0 Å². The SMILES string of the molecule is CCc1ccc(N2CC(C(=O)N3CCC[C@H]3C(=O)O)CC2=O)cc1. The second kappa shape index (κ2) is 6.63. The zero-order chi connectivity index (χ0) is 17.3. The van der Waals surface area contributed by atoms with E-state index in [0.29, 0.717) is 25.9 Å². The highest BCUT2D eigenvalue weighted by atomic mass is 16.4. The van der Waals surface area contributed by atoms with Crippen molar-refractivity contribution in [3.63, 3.8) is 0 Å². The highest BCUT2D eigenvalue weighted by Crippen LogP contribution is 2.29. The zero-order valence-corrected chi connectivity index (χ0v) is 13.8. The first kappa shape index (κ1) is 16.5. The molecule has 1 unspecified atom stereocenters. The summed E-state index contributed by atoms with van der Waals surface area (Å²) in [5.74, 6) is -1.70. The Balaban J connectivity index is 1.71. The van der Waals surface area contributed by atoms with Crippen LogP contribution >= 0.6 is 0 Å². The number of carbonyl (C=O) groups is 3. The standard InChI is InChI=1S/C18H22N2O4/c1-2-12-5-7-14(8-6-12)20-11-13(10-16(20)21)17(22)19-9-3-4-15(19)18(23)24/h5-8,13,15H,2-4,9-11H2,1H3,(H,23,24)/t13?,15-/m0/s1. The van der Waals surface area contributed by atoms with Crippen LogP contribution in [0.2, 0.25) is 0 Å². The number of aryl methyl sites for hydroxylation is 1. The van der Waals surface area contributed by atoms with Crippen LogP contribution in [0.25, 0.3) is 0 Å². The molecular weight excluding hydrogens is 308 g/mol. The molecule has 2 amide bonds. The molecule has 0 spiro atoms. The van der Waals surface area contributed by atoms with Gasteiger partial charge in [0.25, 0.3) is 0 Å². The average Bonchev–Trinajstić information content (AvgIpc) is 3.21. The summed E-state index contributed by atoms with van der Waals surface area (Å²) in [6.45, 7) is 2.86. The van der Waals surface area contributed by atoms with Gasteiger partial charge in [-0.25, -0.2) is 4.79 Å². The van der Waals surface area contributed by atoms with Crippen molar-refractivity contribution in [3.8, 4) is 0 Å². The van der Waals surface area contributed by atoms with Crippen molar-refractivity contribution in [2.45, 2.75) is 38.6 Å². The van der Waals surface area contributed by atoms with Crippen LogP contribution in [0.5, 0.6) is 0 Å². The Hall–Kier alpha value is -2.37. The van der Waals surface area contributed by atoms with E-state index in [1.54, 1.807) is 4.90 Å². The number of aliphatic carboxylic acids is 1. The maximum absolute atomic E-state index is 12.7. The summed E-state index contributed by atoms with van der Waals surface area (Å²) in [5.41, 5.74) is 1.99. The fourth-order valence-corrected chi connectivity index (χ4v) is 3.56. The van der Waals surface area contributed by atoms with E-state index >= 15 is 0 Å². The fraction of sp³-hybridized carbons (Fsp3) is 0.500. The number of benzene rings is 1. The number of rotatable bonds is 4. The van der Waals surface area contributed by atoms with Crippen molar-refractivity contribution >= 4 is 23.5 Å². The number of nitrogens with zero attached hydrogens (tertiary/aromatic N) is 2. The van der Waals surface area contributed by atoms with E-state index in [2.05, 4.69) is 6.92 Å². The lowest BCUT2D eigenvalue weighted by atomic mass is 10.1. The Morgan fingerprint density at radius 2 is 1.96 bits per heavy atom. The molecule has 3 rings (SSSR count). The monoisotopic (exact) mass is 330 g/mol. The van der Waals surface area contributed by atoms with Crippen LogP contribution in [0.3, 0.4) is 0 Å². The van der Waals surface area contributed by atoms with E-state index in [1.807, 2.05) is 24.3 Å². The molecular formula is C18H22N2O4. The van der Waals surface area contributed by atoms with Crippen LogP contribution in [0.15, 0.2) is 24.3 Å². The zero-order valence-electron chi connectivity index (χ0n) is 13.8. The molecule has 2 atom stereocenters. The topological polar surface area (TPSA) is 77.9 Å². The summed E-state index contributed by atoms with van der Waals surface area (Å²) in [7, 11) is 0. The second-order valence-electron chi connectivity index (χ2n) is 6.45. The van der Waals surface area contributed by atoms with Crippen molar-refractivity contribution in [2.75, 3.05) is 18.0 Å². The minimum Gasteiger partial charge on any atom is -0.480 e. The lowest BCUT2D eigenvalue weighted by Crippen LogP contribution is -2.44. The highest BCUT2D eigenvalue weighted by molar-refractivity contribution is 6.00. The third-order valence-corrected chi connectivity index (χ3v) is 4.95. The fourth-order valence-electron chi connectivity index (χ4n) is 3.56. The molecule has 1 aromatic carbocycles. The van der Waals surface area contributed by atoms with E-state index in [4.69, 9.17) is 0 Å². The molecule has 1 aromatic rings. The van der Waals surface area contributed by atoms with Gasteiger partial charge in [-0.3, -0.25) is 9.59 Å². The van der Waals surface area contributed by atoms with Crippen LogP contribution in [-0.2, 0) is 20.8 Å². The molecule has 6 nitrogen and oxygen atoms in total. The number of hydrogen-bond donors (Lipinski definition) is 1. The highest BCUT2D eigenvalue weighted by Gasteiger charge is 2.42. The van der Waals surface area contributed by atoms with Crippen LogP contribution < -0.4 is 4.90 Å². The first-order valence-corrected chi connectivity index (χ1v) is 8.44. The van der Waals surface area contributed by atoms with Crippen LogP contribution in [0.4, 0.5) is 5.69 Å². The molecule has 0 saturated carbocycles. The minimum atomic E-state index is -0.961.